The number of carbonyl (C=O) groups is 1. The molecule has 0 aromatic heterocycles. The number of hydrogen-bond donors (Lipinski definition) is 2. The van der Waals surface area contributed by atoms with Gasteiger partial charge in [0.1, 0.15) is 0 Å². The number of rotatable bonds is 4. The predicted molar refractivity (Wildman–Crippen MR) is 92.4 cm³/mol. The topological polar surface area (TPSA) is 41.1 Å². The normalized spacial score (nSPS) is 11.9. The lowest BCUT2D eigenvalue weighted by atomic mass is 10.1. The molecule has 6 heteroatoms. The molecule has 0 unspecified atom stereocenters. The second-order valence-electron chi connectivity index (χ2n) is 6.76. The van der Waals surface area contributed by atoms with Gasteiger partial charge in [-0.3, -0.25) is 4.79 Å². The number of benzene rings is 2. The Labute approximate surface area is 145 Å². The molecule has 2 aromatic rings. The summed E-state index contributed by atoms with van der Waals surface area (Å²) in [5, 5.41) is 5.80. The maximum Gasteiger partial charge on any atom is 0.416 e. The van der Waals surface area contributed by atoms with E-state index in [9.17, 15) is 18.0 Å². The summed E-state index contributed by atoms with van der Waals surface area (Å²) in [5.41, 5.74) is -0.0871. The fraction of sp³-hybridized carbons (Fsp3) is 0.316. The van der Waals surface area contributed by atoms with Crippen LogP contribution < -0.4 is 10.6 Å². The van der Waals surface area contributed by atoms with E-state index in [0.29, 0.717) is 11.3 Å². The standard InChI is InChI=1S/C19H21F3N2O/c1-18(2,3)24-17(25)14-9-5-7-11-16(14)23-12-13-8-4-6-10-15(13)19(20,21)22/h4-11,23H,12H2,1-3H3,(H,24,25). The lowest BCUT2D eigenvalue weighted by Crippen LogP contribution is -2.40. The number of alkyl halides is 3. The third-order valence-corrected chi connectivity index (χ3v) is 3.45. The van der Waals surface area contributed by atoms with Crippen LogP contribution in [0.2, 0.25) is 0 Å². The molecule has 0 saturated carbocycles. The molecule has 0 aliphatic carbocycles. The highest BCUT2D eigenvalue weighted by atomic mass is 19.4. The highest BCUT2D eigenvalue weighted by Gasteiger charge is 2.32. The molecular weight excluding hydrogens is 329 g/mol. The number of anilines is 1. The molecule has 0 spiro atoms. The van der Waals surface area contributed by atoms with E-state index >= 15 is 0 Å². The van der Waals surface area contributed by atoms with Gasteiger partial charge in [0.25, 0.3) is 5.91 Å². The Morgan fingerprint density at radius 3 is 2.20 bits per heavy atom. The Bertz CT molecular complexity index is 749. The summed E-state index contributed by atoms with van der Waals surface area (Å²) >= 11 is 0. The van der Waals surface area contributed by atoms with Crippen LogP contribution in [0, 0.1) is 0 Å². The van der Waals surface area contributed by atoms with Crippen molar-refractivity contribution >= 4 is 11.6 Å². The summed E-state index contributed by atoms with van der Waals surface area (Å²) in [6.07, 6.45) is -4.42. The molecule has 0 bridgehead atoms. The van der Waals surface area contributed by atoms with Gasteiger partial charge in [-0.1, -0.05) is 30.3 Å². The zero-order valence-corrected chi connectivity index (χ0v) is 14.4. The first kappa shape index (κ1) is 18.8. The summed E-state index contributed by atoms with van der Waals surface area (Å²) in [7, 11) is 0. The smallest absolute Gasteiger partial charge is 0.380 e. The molecule has 0 saturated heterocycles. The first-order chi connectivity index (χ1) is 11.6. The number of halogens is 3. The van der Waals surface area contributed by atoms with Crippen LogP contribution in [0.25, 0.3) is 0 Å². The zero-order valence-electron chi connectivity index (χ0n) is 14.4. The summed E-state index contributed by atoms with van der Waals surface area (Å²) in [6, 6.07) is 12.1. The van der Waals surface area contributed by atoms with Gasteiger partial charge in [-0.25, -0.2) is 0 Å². The minimum Gasteiger partial charge on any atom is -0.380 e. The minimum atomic E-state index is -4.42. The average molecular weight is 350 g/mol. The van der Waals surface area contributed by atoms with Crippen LogP contribution in [-0.2, 0) is 12.7 Å². The number of carbonyl (C=O) groups excluding carboxylic acids is 1. The summed E-state index contributed by atoms with van der Waals surface area (Å²) in [5.74, 6) is -0.278. The molecule has 25 heavy (non-hydrogen) atoms. The monoisotopic (exact) mass is 350 g/mol. The van der Waals surface area contributed by atoms with E-state index in [0.717, 1.165) is 6.07 Å². The molecule has 1 amide bonds. The van der Waals surface area contributed by atoms with Crippen molar-refractivity contribution in [2.45, 2.75) is 39.0 Å². The van der Waals surface area contributed by atoms with E-state index in [1.54, 1.807) is 30.3 Å². The molecule has 0 heterocycles. The Kier molecular flexibility index (Phi) is 5.40. The van der Waals surface area contributed by atoms with E-state index in [4.69, 9.17) is 0 Å². The first-order valence-electron chi connectivity index (χ1n) is 7.88. The molecule has 2 aromatic carbocycles. The van der Waals surface area contributed by atoms with Crippen molar-refractivity contribution in [3.05, 3.63) is 65.2 Å². The van der Waals surface area contributed by atoms with Crippen molar-refractivity contribution in [1.29, 1.82) is 0 Å². The molecule has 0 fully saturated rings. The Hall–Kier alpha value is -2.50. The van der Waals surface area contributed by atoms with Crippen molar-refractivity contribution in [2.24, 2.45) is 0 Å². The van der Waals surface area contributed by atoms with Crippen molar-refractivity contribution < 1.29 is 18.0 Å². The lowest BCUT2D eigenvalue weighted by molar-refractivity contribution is -0.138. The van der Waals surface area contributed by atoms with Gasteiger partial charge in [-0.05, 0) is 44.5 Å². The van der Waals surface area contributed by atoms with Crippen molar-refractivity contribution in [3.8, 4) is 0 Å². The Morgan fingerprint density at radius 1 is 0.960 bits per heavy atom. The SMILES string of the molecule is CC(C)(C)NC(=O)c1ccccc1NCc1ccccc1C(F)(F)F. The molecule has 0 atom stereocenters. The second-order valence-corrected chi connectivity index (χ2v) is 6.76. The highest BCUT2D eigenvalue weighted by Crippen LogP contribution is 2.32. The molecule has 0 radical (unpaired) electrons. The zero-order chi connectivity index (χ0) is 18.7. The predicted octanol–water partition coefficient (Wildman–Crippen LogP) is 4.85. The van der Waals surface area contributed by atoms with E-state index in [2.05, 4.69) is 10.6 Å². The van der Waals surface area contributed by atoms with Crippen LogP contribution in [0.5, 0.6) is 0 Å². The molecular formula is C19H21F3N2O. The maximum absolute atomic E-state index is 13.1. The van der Waals surface area contributed by atoms with Crippen LogP contribution in [0.15, 0.2) is 48.5 Å². The Balaban J connectivity index is 2.22. The first-order valence-corrected chi connectivity index (χ1v) is 7.88. The van der Waals surface area contributed by atoms with Crippen LogP contribution >= 0.6 is 0 Å². The Morgan fingerprint density at radius 2 is 1.56 bits per heavy atom. The van der Waals surface area contributed by atoms with Gasteiger partial charge in [0.05, 0.1) is 11.1 Å². The fourth-order valence-electron chi connectivity index (χ4n) is 2.38. The molecule has 2 rings (SSSR count). The number of nitrogens with one attached hydrogen (secondary N) is 2. The molecule has 134 valence electrons. The van der Waals surface area contributed by atoms with Crippen LogP contribution in [0.3, 0.4) is 0 Å². The quantitative estimate of drug-likeness (QED) is 0.828. The van der Waals surface area contributed by atoms with Gasteiger partial charge < -0.3 is 10.6 Å². The fourth-order valence-corrected chi connectivity index (χ4v) is 2.38. The van der Waals surface area contributed by atoms with E-state index < -0.39 is 17.3 Å². The average Bonchev–Trinajstić information content (AvgIpc) is 2.51. The van der Waals surface area contributed by atoms with Crippen LogP contribution in [0.1, 0.15) is 42.3 Å². The van der Waals surface area contributed by atoms with Gasteiger partial charge in [-0.2, -0.15) is 13.2 Å². The van der Waals surface area contributed by atoms with Gasteiger partial charge >= 0.3 is 6.18 Å². The minimum absolute atomic E-state index is 0.0322. The van der Waals surface area contributed by atoms with Crippen molar-refractivity contribution in [3.63, 3.8) is 0 Å². The van der Waals surface area contributed by atoms with E-state index in [1.807, 2.05) is 20.8 Å². The molecule has 0 aliphatic rings. The van der Waals surface area contributed by atoms with Crippen molar-refractivity contribution in [1.82, 2.24) is 5.32 Å². The summed E-state index contributed by atoms with van der Waals surface area (Å²) in [4.78, 5) is 12.4. The molecule has 0 aliphatic heterocycles. The largest absolute Gasteiger partial charge is 0.416 e. The van der Waals surface area contributed by atoms with E-state index in [1.165, 1.54) is 12.1 Å². The molecule has 3 nitrogen and oxygen atoms in total. The van der Waals surface area contributed by atoms with Gasteiger partial charge in [0.15, 0.2) is 0 Å². The summed E-state index contributed by atoms with van der Waals surface area (Å²) < 4.78 is 39.2. The summed E-state index contributed by atoms with van der Waals surface area (Å²) in [6.45, 7) is 5.55. The number of amides is 1. The number of hydrogen-bond acceptors (Lipinski definition) is 2. The van der Waals surface area contributed by atoms with Gasteiger partial charge in [-0.15, -0.1) is 0 Å². The maximum atomic E-state index is 13.1. The van der Waals surface area contributed by atoms with Gasteiger partial charge in [0.2, 0.25) is 0 Å². The second kappa shape index (κ2) is 7.17. The van der Waals surface area contributed by atoms with Crippen LogP contribution in [-0.4, -0.2) is 11.4 Å². The third kappa shape index (κ3) is 5.24. The molecule has 2 N–H and O–H groups in total. The van der Waals surface area contributed by atoms with Gasteiger partial charge in [0, 0.05) is 17.8 Å². The lowest BCUT2D eigenvalue weighted by Gasteiger charge is -2.22. The van der Waals surface area contributed by atoms with Crippen LogP contribution in [0.4, 0.5) is 18.9 Å². The highest BCUT2D eigenvalue weighted by molar-refractivity contribution is 5.99. The van der Waals surface area contributed by atoms with E-state index in [-0.39, 0.29) is 18.0 Å². The number of para-hydroxylation sites is 1. The van der Waals surface area contributed by atoms with Crippen molar-refractivity contribution in [2.75, 3.05) is 5.32 Å². The third-order valence-electron chi connectivity index (χ3n) is 3.45.